The molecule has 17 heavy (non-hydrogen) atoms. The van der Waals surface area contributed by atoms with Crippen molar-refractivity contribution in [2.24, 2.45) is 7.05 Å². The van der Waals surface area contributed by atoms with Crippen LogP contribution < -0.4 is 0 Å². The summed E-state index contributed by atoms with van der Waals surface area (Å²) in [5.41, 5.74) is 5.25. The fourth-order valence-electron chi connectivity index (χ4n) is 2.42. The van der Waals surface area contributed by atoms with Crippen molar-refractivity contribution in [2.45, 2.75) is 13.3 Å². The highest BCUT2D eigenvalue weighted by Gasteiger charge is 2.09. The standard InChI is InChI=1S/C15H16N2/c1-11-14(10-12-6-5-9-17(12)2)13-7-3-4-8-15(13)16-11/h3-9,16H,10H2,1-2H3. The highest BCUT2D eigenvalue weighted by atomic mass is 14.9. The van der Waals surface area contributed by atoms with E-state index >= 15 is 0 Å². The van der Waals surface area contributed by atoms with Gasteiger partial charge in [-0.05, 0) is 30.7 Å². The molecule has 1 aromatic carbocycles. The number of para-hydroxylation sites is 1. The lowest BCUT2D eigenvalue weighted by atomic mass is 10.1. The first-order chi connectivity index (χ1) is 8.25. The molecule has 0 aliphatic heterocycles. The second-order valence-corrected chi connectivity index (χ2v) is 4.56. The lowest BCUT2D eigenvalue weighted by Gasteiger charge is -2.04. The Morgan fingerprint density at radius 1 is 1.12 bits per heavy atom. The van der Waals surface area contributed by atoms with Crippen molar-refractivity contribution < 1.29 is 0 Å². The molecule has 0 spiro atoms. The SMILES string of the molecule is Cc1[nH]c2ccccc2c1Cc1cccn1C. The van der Waals surface area contributed by atoms with Crippen LogP contribution in [0.2, 0.25) is 0 Å². The Kier molecular flexibility index (Phi) is 2.29. The molecule has 3 rings (SSSR count). The summed E-state index contributed by atoms with van der Waals surface area (Å²) in [5.74, 6) is 0. The Hall–Kier alpha value is -1.96. The maximum absolute atomic E-state index is 3.45. The van der Waals surface area contributed by atoms with Crippen molar-refractivity contribution in [1.29, 1.82) is 0 Å². The van der Waals surface area contributed by atoms with Crippen molar-refractivity contribution in [3.8, 4) is 0 Å². The highest BCUT2D eigenvalue weighted by Crippen LogP contribution is 2.24. The molecule has 2 heterocycles. The van der Waals surface area contributed by atoms with Gasteiger partial charge in [0.25, 0.3) is 0 Å². The first kappa shape index (κ1) is 10.2. The van der Waals surface area contributed by atoms with Crippen molar-refractivity contribution in [3.05, 3.63) is 59.5 Å². The van der Waals surface area contributed by atoms with E-state index in [9.17, 15) is 0 Å². The van der Waals surface area contributed by atoms with Crippen LogP contribution in [0, 0.1) is 6.92 Å². The summed E-state index contributed by atoms with van der Waals surface area (Å²) in [6.45, 7) is 2.15. The third-order valence-electron chi connectivity index (χ3n) is 3.44. The van der Waals surface area contributed by atoms with Gasteiger partial charge in [0.15, 0.2) is 0 Å². The normalized spacial score (nSPS) is 11.2. The van der Waals surface area contributed by atoms with Crippen LogP contribution in [0.1, 0.15) is 17.0 Å². The molecular weight excluding hydrogens is 208 g/mol. The molecule has 0 saturated heterocycles. The minimum Gasteiger partial charge on any atom is -0.358 e. The Bertz CT molecular complexity index is 658. The second-order valence-electron chi connectivity index (χ2n) is 4.56. The van der Waals surface area contributed by atoms with Gasteiger partial charge in [-0.2, -0.15) is 0 Å². The third-order valence-corrected chi connectivity index (χ3v) is 3.44. The van der Waals surface area contributed by atoms with Crippen LogP contribution >= 0.6 is 0 Å². The third kappa shape index (κ3) is 1.66. The minimum atomic E-state index is 0.985. The van der Waals surface area contributed by atoms with E-state index in [-0.39, 0.29) is 0 Å². The molecule has 0 amide bonds. The van der Waals surface area contributed by atoms with Crippen molar-refractivity contribution >= 4 is 10.9 Å². The van der Waals surface area contributed by atoms with Gasteiger partial charge in [0.2, 0.25) is 0 Å². The molecule has 0 aliphatic carbocycles. The number of rotatable bonds is 2. The maximum atomic E-state index is 3.45. The molecule has 2 nitrogen and oxygen atoms in total. The number of aromatic nitrogens is 2. The molecular formula is C15H16N2. The molecule has 3 aromatic rings. The van der Waals surface area contributed by atoms with Gasteiger partial charge in [0.05, 0.1) is 0 Å². The van der Waals surface area contributed by atoms with Crippen LogP contribution in [0.25, 0.3) is 10.9 Å². The van der Waals surface area contributed by atoms with Gasteiger partial charge in [-0.25, -0.2) is 0 Å². The first-order valence-corrected chi connectivity index (χ1v) is 5.92. The van der Waals surface area contributed by atoms with E-state index in [4.69, 9.17) is 0 Å². The Labute approximate surface area is 101 Å². The quantitative estimate of drug-likeness (QED) is 0.688. The van der Waals surface area contributed by atoms with E-state index in [1.165, 1.54) is 27.9 Å². The number of H-pyrrole nitrogens is 1. The van der Waals surface area contributed by atoms with Crippen LogP contribution in [-0.2, 0) is 13.5 Å². The zero-order chi connectivity index (χ0) is 11.8. The van der Waals surface area contributed by atoms with Crippen molar-refractivity contribution in [3.63, 3.8) is 0 Å². The smallest absolute Gasteiger partial charge is 0.0458 e. The van der Waals surface area contributed by atoms with E-state index in [2.05, 4.69) is 66.1 Å². The fourth-order valence-corrected chi connectivity index (χ4v) is 2.42. The van der Waals surface area contributed by atoms with E-state index in [1.54, 1.807) is 0 Å². The number of aryl methyl sites for hydroxylation is 2. The zero-order valence-corrected chi connectivity index (χ0v) is 10.2. The van der Waals surface area contributed by atoms with Crippen LogP contribution in [0.4, 0.5) is 0 Å². The summed E-state index contributed by atoms with van der Waals surface area (Å²) in [7, 11) is 2.10. The molecule has 0 atom stereocenters. The molecule has 0 saturated carbocycles. The molecule has 1 N–H and O–H groups in total. The number of nitrogens with zero attached hydrogens (tertiary/aromatic N) is 1. The van der Waals surface area contributed by atoms with Gasteiger partial charge in [0.1, 0.15) is 0 Å². The van der Waals surface area contributed by atoms with Crippen LogP contribution in [0.5, 0.6) is 0 Å². The average molecular weight is 224 g/mol. The molecule has 0 unspecified atom stereocenters. The molecule has 0 aliphatic rings. The number of aromatic amines is 1. The lowest BCUT2D eigenvalue weighted by Crippen LogP contribution is -1.97. The Morgan fingerprint density at radius 3 is 2.71 bits per heavy atom. The lowest BCUT2D eigenvalue weighted by molar-refractivity contribution is 0.850. The van der Waals surface area contributed by atoms with E-state index < -0.39 is 0 Å². The van der Waals surface area contributed by atoms with Gasteiger partial charge in [-0.15, -0.1) is 0 Å². The van der Waals surface area contributed by atoms with Gasteiger partial charge in [-0.3, -0.25) is 0 Å². The summed E-state index contributed by atoms with van der Waals surface area (Å²) in [4.78, 5) is 3.45. The van der Waals surface area contributed by atoms with Gasteiger partial charge in [0, 0.05) is 42.0 Å². The van der Waals surface area contributed by atoms with E-state index in [0.29, 0.717) is 0 Å². The molecule has 0 bridgehead atoms. The van der Waals surface area contributed by atoms with E-state index in [0.717, 1.165) is 6.42 Å². The topological polar surface area (TPSA) is 20.7 Å². The summed E-state index contributed by atoms with van der Waals surface area (Å²) < 4.78 is 2.18. The summed E-state index contributed by atoms with van der Waals surface area (Å²) in [6, 6.07) is 12.8. The second kappa shape index (κ2) is 3.81. The number of nitrogens with one attached hydrogen (secondary N) is 1. The molecule has 86 valence electrons. The molecule has 0 radical (unpaired) electrons. The highest BCUT2D eigenvalue weighted by molar-refractivity contribution is 5.84. The molecule has 2 aromatic heterocycles. The van der Waals surface area contributed by atoms with E-state index in [1.807, 2.05) is 0 Å². The Balaban J connectivity index is 2.11. The summed E-state index contributed by atoms with van der Waals surface area (Å²) in [5, 5.41) is 1.34. The average Bonchev–Trinajstić information content (AvgIpc) is 2.85. The van der Waals surface area contributed by atoms with Crippen molar-refractivity contribution in [2.75, 3.05) is 0 Å². The fraction of sp³-hybridized carbons (Fsp3) is 0.200. The van der Waals surface area contributed by atoms with Crippen LogP contribution in [0.15, 0.2) is 42.6 Å². The number of hydrogen-bond acceptors (Lipinski definition) is 0. The van der Waals surface area contributed by atoms with Crippen LogP contribution in [-0.4, -0.2) is 9.55 Å². The van der Waals surface area contributed by atoms with Gasteiger partial charge >= 0.3 is 0 Å². The number of benzene rings is 1. The van der Waals surface area contributed by atoms with Crippen molar-refractivity contribution in [1.82, 2.24) is 9.55 Å². The summed E-state index contributed by atoms with van der Waals surface area (Å²) >= 11 is 0. The van der Waals surface area contributed by atoms with Gasteiger partial charge in [-0.1, -0.05) is 18.2 Å². The maximum Gasteiger partial charge on any atom is 0.0458 e. The summed E-state index contributed by atoms with van der Waals surface area (Å²) in [6.07, 6.45) is 3.08. The monoisotopic (exact) mass is 224 g/mol. The Morgan fingerprint density at radius 2 is 1.94 bits per heavy atom. The largest absolute Gasteiger partial charge is 0.358 e. The predicted octanol–water partition coefficient (Wildman–Crippen LogP) is 3.41. The zero-order valence-electron chi connectivity index (χ0n) is 10.2. The van der Waals surface area contributed by atoms with Crippen LogP contribution in [0.3, 0.4) is 0 Å². The predicted molar refractivity (Wildman–Crippen MR) is 71.3 cm³/mol. The molecule has 2 heteroatoms. The minimum absolute atomic E-state index is 0.985. The molecule has 0 fully saturated rings. The number of hydrogen-bond donors (Lipinski definition) is 1. The van der Waals surface area contributed by atoms with Gasteiger partial charge < -0.3 is 9.55 Å². The first-order valence-electron chi connectivity index (χ1n) is 5.92. The number of fused-ring (bicyclic) bond motifs is 1.